The van der Waals surface area contributed by atoms with Crippen LogP contribution in [0, 0.1) is 23.6 Å². The summed E-state index contributed by atoms with van der Waals surface area (Å²) in [6.07, 6.45) is 13.7. The van der Waals surface area contributed by atoms with Crippen molar-refractivity contribution >= 4 is 11.6 Å². The van der Waals surface area contributed by atoms with E-state index < -0.39 is 0 Å². The molecule has 0 aromatic heterocycles. The number of halogens is 2. The lowest BCUT2D eigenvalue weighted by Gasteiger charge is -2.38. The van der Waals surface area contributed by atoms with Crippen LogP contribution in [0.3, 0.4) is 0 Å². The third-order valence-corrected chi connectivity index (χ3v) is 6.75. The SMILES string of the molecule is CCCC1CCC(C2CCC(c3ccc(Cl)c(F)c3)CC2)CC1. The molecule has 0 atom stereocenters. The minimum Gasteiger partial charge on any atom is -0.205 e. The maximum atomic E-state index is 13.7. The van der Waals surface area contributed by atoms with Crippen LogP contribution in [0.2, 0.25) is 5.02 Å². The molecule has 0 heterocycles. The molecule has 3 rings (SSSR count). The van der Waals surface area contributed by atoms with Crippen LogP contribution in [0.15, 0.2) is 18.2 Å². The predicted octanol–water partition coefficient (Wildman–Crippen LogP) is 7.36. The molecule has 2 heteroatoms. The van der Waals surface area contributed by atoms with Crippen LogP contribution in [-0.4, -0.2) is 0 Å². The molecule has 0 amide bonds. The van der Waals surface area contributed by atoms with Crippen molar-refractivity contribution < 1.29 is 4.39 Å². The monoisotopic (exact) mass is 336 g/mol. The van der Waals surface area contributed by atoms with Crippen molar-refractivity contribution in [1.29, 1.82) is 0 Å². The second-order valence-electron chi connectivity index (χ2n) is 7.85. The summed E-state index contributed by atoms with van der Waals surface area (Å²) in [5.41, 5.74) is 1.15. The second-order valence-corrected chi connectivity index (χ2v) is 8.26. The van der Waals surface area contributed by atoms with Crippen molar-refractivity contribution in [1.82, 2.24) is 0 Å². The lowest BCUT2D eigenvalue weighted by Crippen LogP contribution is -2.25. The van der Waals surface area contributed by atoms with Crippen molar-refractivity contribution in [2.45, 2.75) is 77.0 Å². The molecular formula is C21H30ClF. The maximum Gasteiger partial charge on any atom is 0.142 e. The summed E-state index contributed by atoms with van der Waals surface area (Å²) in [6.45, 7) is 2.31. The van der Waals surface area contributed by atoms with Gasteiger partial charge in [-0.1, -0.05) is 50.3 Å². The number of hydrogen-bond donors (Lipinski definition) is 0. The first kappa shape index (κ1) is 17.3. The topological polar surface area (TPSA) is 0 Å². The summed E-state index contributed by atoms with van der Waals surface area (Å²) in [6, 6.07) is 5.39. The van der Waals surface area contributed by atoms with Crippen molar-refractivity contribution in [2.75, 3.05) is 0 Å². The summed E-state index contributed by atoms with van der Waals surface area (Å²) in [5.74, 6) is 3.16. The summed E-state index contributed by atoms with van der Waals surface area (Å²) in [7, 11) is 0. The van der Waals surface area contributed by atoms with E-state index in [9.17, 15) is 4.39 Å². The minimum atomic E-state index is -0.263. The number of hydrogen-bond acceptors (Lipinski definition) is 0. The molecule has 0 radical (unpaired) electrons. The summed E-state index contributed by atoms with van der Waals surface area (Å²) in [5, 5.41) is 0.242. The van der Waals surface area contributed by atoms with Crippen LogP contribution >= 0.6 is 11.6 Å². The van der Waals surface area contributed by atoms with E-state index in [1.54, 1.807) is 12.1 Å². The largest absolute Gasteiger partial charge is 0.205 e. The number of benzene rings is 1. The van der Waals surface area contributed by atoms with E-state index in [0.29, 0.717) is 5.92 Å². The van der Waals surface area contributed by atoms with E-state index in [1.807, 2.05) is 6.07 Å². The van der Waals surface area contributed by atoms with Gasteiger partial charge >= 0.3 is 0 Å². The highest BCUT2D eigenvalue weighted by Gasteiger charge is 2.31. The molecule has 0 saturated heterocycles. The molecule has 0 N–H and O–H groups in total. The zero-order valence-corrected chi connectivity index (χ0v) is 15.1. The van der Waals surface area contributed by atoms with Gasteiger partial charge in [0.15, 0.2) is 0 Å². The fourth-order valence-electron chi connectivity index (χ4n) is 5.05. The molecule has 0 spiro atoms. The third kappa shape index (κ3) is 4.29. The molecule has 23 heavy (non-hydrogen) atoms. The van der Waals surface area contributed by atoms with Crippen LogP contribution in [0.1, 0.15) is 82.6 Å². The van der Waals surface area contributed by atoms with Gasteiger partial charge in [0.1, 0.15) is 5.82 Å². The minimum absolute atomic E-state index is 0.242. The lowest BCUT2D eigenvalue weighted by atomic mass is 9.68. The first-order valence-electron chi connectivity index (χ1n) is 9.62. The van der Waals surface area contributed by atoms with Crippen molar-refractivity contribution in [3.63, 3.8) is 0 Å². The molecule has 2 saturated carbocycles. The van der Waals surface area contributed by atoms with Gasteiger partial charge in [-0.2, -0.15) is 0 Å². The molecule has 0 nitrogen and oxygen atoms in total. The quantitative estimate of drug-likeness (QED) is 0.538. The Hall–Kier alpha value is -0.560. The summed E-state index contributed by atoms with van der Waals surface area (Å²) >= 11 is 5.80. The van der Waals surface area contributed by atoms with Gasteiger partial charge in [-0.05, 0) is 79.9 Å². The highest BCUT2D eigenvalue weighted by atomic mass is 35.5. The number of rotatable bonds is 4. The van der Waals surface area contributed by atoms with Gasteiger partial charge in [0.2, 0.25) is 0 Å². The normalized spacial score (nSPS) is 32.0. The molecule has 0 bridgehead atoms. The van der Waals surface area contributed by atoms with E-state index in [2.05, 4.69) is 6.92 Å². The summed E-state index contributed by atoms with van der Waals surface area (Å²) in [4.78, 5) is 0. The molecule has 128 valence electrons. The molecule has 0 aliphatic heterocycles. The standard InChI is InChI=1S/C21H30ClF/c1-2-3-15-4-6-16(7-5-15)17-8-10-18(11-9-17)19-12-13-20(22)21(23)14-19/h12-18H,2-11H2,1H3. The molecule has 0 unspecified atom stereocenters. The maximum absolute atomic E-state index is 13.7. The van der Waals surface area contributed by atoms with Crippen molar-refractivity contribution in [3.8, 4) is 0 Å². The highest BCUT2D eigenvalue weighted by molar-refractivity contribution is 6.30. The Morgan fingerprint density at radius 1 is 0.957 bits per heavy atom. The van der Waals surface area contributed by atoms with Crippen molar-refractivity contribution in [3.05, 3.63) is 34.6 Å². The molecule has 1 aromatic carbocycles. The summed E-state index contributed by atoms with van der Waals surface area (Å²) < 4.78 is 13.7. The van der Waals surface area contributed by atoms with Gasteiger partial charge in [-0.3, -0.25) is 0 Å². The zero-order chi connectivity index (χ0) is 16.2. The van der Waals surface area contributed by atoms with Gasteiger partial charge in [-0.25, -0.2) is 4.39 Å². The van der Waals surface area contributed by atoms with E-state index in [4.69, 9.17) is 11.6 Å². The molecule has 2 aliphatic rings. The molecule has 2 fully saturated rings. The Morgan fingerprint density at radius 2 is 1.57 bits per heavy atom. The Labute approximate surface area is 145 Å². The third-order valence-electron chi connectivity index (χ3n) is 6.44. The highest BCUT2D eigenvalue weighted by Crippen LogP contribution is 2.44. The van der Waals surface area contributed by atoms with Crippen molar-refractivity contribution in [2.24, 2.45) is 17.8 Å². The smallest absolute Gasteiger partial charge is 0.142 e. The second kappa shape index (κ2) is 8.01. The first-order valence-corrected chi connectivity index (χ1v) is 10.00. The Morgan fingerprint density at radius 3 is 2.13 bits per heavy atom. The van der Waals surface area contributed by atoms with Crippen LogP contribution < -0.4 is 0 Å². The average molecular weight is 337 g/mol. The molecular weight excluding hydrogens is 307 g/mol. The molecule has 1 aromatic rings. The van der Waals surface area contributed by atoms with Gasteiger partial charge in [0.05, 0.1) is 5.02 Å². The Bertz CT molecular complexity index is 497. The first-order chi connectivity index (χ1) is 11.2. The van der Waals surface area contributed by atoms with Gasteiger partial charge < -0.3 is 0 Å². The Balaban J connectivity index is 1.50. The van der Waals surface area contributed by atoms with E-state index in [0.717, 1.165) is 23.3 Å². The fraction of sp³-hybridized carbons (Fsp3) is 0.714. The Kier molecular flexibility index (Phi) is 6.01. The van der Waals surface area contributed by atoms with Crippen LogP contribution in [0.4, 0.5) is 4.39 Å². The van der Waals surface area contributed by atoms with E-state index >= 15 is 0 Å². The average Bonchev–Trinajstić information content (AvgIpc) is 2.59. The van der Waals surface area contributed by atoms with Crippen LogP contribution in [0.25, 0.3) is 0 Å². The van der Waals surface area contributed by atoms with Gasteiger partial charge in [0, 0.05) is 0 Å². The zero-order valence-electron chi connectivity index (χ0n) is 14.4. The van der Waals surface area contributed by atoms with Gasteiger partial charge in [-0.15, -0.1) is 0 Å². The van der Waals surface area contributed by atoms with E-state index in [-0.39, 0.29) is 10.8 Å². The van der Waals surface area contributed by atoms with E-state index in [1.165, 1.54) is 64.2 Å². The van der Waals surface area contributed by atoms with Crippen LogP contribution in [0.5, 0.6) is 0 Å². The van der Waals surface area contributed by atoms with Gasteiger partial charge in [0.25, 0.3) is 0 Å². The molecule has 2 aliphatic carbocycles. The fourth-order valence-corrected chi connectivity index (χ4v) is 5.16. The predicted molar refractivity (Wildman–Crippen MR) is 96.5 cm³/mol. The lowest BCUT2D eigenvalue weighted by molar-refractivity contribution is 0.156. The van der Waals surface area contributed by atoms with Crippen LogP contribution in [-0.2, 0) is 0 Å².